The van der Waals surface area contributed by atoms with Gasteiger partial charge in [0, 0.05) is 24.2 Å². The van der Waals surface area contributed by atoms with Crippen molar-refractivity contribution in [1.82, 2.24) is 4.90 Å². The third-order valence-corrected chi connectivity index (χ3v) is 2.27. The summed E-state index contributed by atoms with van der Waals surface area (Å²) in [5, 5.41) is 0. The summed E-state index contributed by atoms with van der Waals surface area (Å²) in [7, 11) is 3.92. The van der Waals surface area contributed by atoms with Gasteiger partial charge >= 0.3 is 0 Å². The van der Waals surface area contributed by atoms with Crippen molar-refractivity contribution in [3.05, 3.63) is 29.6 Å². The Kier molecular flexibility index (Phi) is 4.71. The van der Waals surface area contributed by atoms with Gasteiger partial charge in [-0.1, -0.05) is 6.07 Å². The summed E-state index contributed by atoms with van der Waals surface area (Å²) in [6, 6.07) is 4.51. The van der Waals surface area contributed by atoms with E-state index in [2.05, 4.69) is 0 Å². The molecule has 2 N–H and O–H groups in total. The molecule has 0 bridgehead atoms. The smallest absolute Gasteiger partial charge is 0.131 e. The molecule has 1 atom stereocenters. The van der Waals surface area contributed by atoms with Crippen LogP contribution in [0.1, 0.15) is 18.5 Å². The van der Waals surface area contributed by atoms with Crippen LogP contribution in [0.4, 0.5) is 4.39 Å². The van der Waals surface area contributed by atoms with Gasteiger partial charge in [0.1, 0.15) is 18.2 Å². The standard InChI is InChI=1S/C12H19FN2O/c1-9(14)11-5-4-10(8-12(11)13)16-7-6-15(2)3/h4-5,8-9H,6-7,14H2,1-3H3. The molecule has 0 aliphatic rings. The first kappa shape index (κ1) is 12.9. The van der Waals surface area contributed by atoms with Crippen molar-refractivity contribution in [2.45, 2.75) is 13.0 Å². The Balaban J connectivity index is 2.59. The van der Waals surface area contributed by atoms with E-state index in [9.17, 15) is 4.39 Å². The first-order valence-electron chi connectivity index (χ1n) is 5.33. The van der Waals surface area contributed by atoms with Crippen molar-refractivity contribution in [1.29, 1.82) is 0 Å². The summed E-state index contributed by atoms with van der Waals surface area (Å²) < 4.78 is 18.9. The Labute approximate surface area is 96.0 Å². The number of benzene rings is 1. The summed E-state index contributed by atoms with van der Waals surface area (Å²) in [4.78, 5) is 2.01. The van der Waals surface area contributed by atoms with E-state index in [0.29, 0.717) is 17.9 Å². The van der Waals surface area contributed by atoms with Gasteiger partial charge in [0.2, 0.25) is 0 Å². The summed E-state index contributed by atoms with van der Waals surface area (Å²) in [5.41, 5.74) is 6.13. The molecule has 0 spiro atoms. The van der Waals surface area contributed by atoms with Crippen LogP contribution >= 0.6 is 0 Å². The fraction of sp³-hybridized carbons (Fsp3) is 0.500. The summed E-state index contributed by atoms with van der Waals surface area (Å²) in [6.45, 7) is 3.10. The molecule has 4 heteroatoms. The number of nitrogens with zero attached hydrogens (tertiary/aromatic N) is 1. The molecule has 0 aliphatic carbocycles. The van der Waals surface area contributed by atoms with Gasteiger partial charge in [-0.05, 0) is 27.1 Å². The third-order valence-electron chi connectivity index (χ3n) is 2.27. The summed E-state index contributed by atoms with van der Waals surface area (Å²) >= 11 is 0. The minimum Gasteiger partial charge on any atom is -0.492 e. The number of halogens is 1. The first-order chi connectivity index (χ1) is 7.50. The van der Waals surface area contributed by atoms with Crippen molar-refractivity contribution < 1.29 is 9.13 Å². The molecular formula is C12H19FN2O. The van der Waals surface area contributed by atoms with Crippen LogP contribution in [-0.4, -0.2) is 32.1 Å². The maximum Gasteiger partial charge on any atom is 0.131 e. The highest BCUT2D eigenvalue weighted by Gasteiger charge is 2.07. The Morgan fingerprint density at radius 2 is 2.12 bits per heavy atom. The lowest BCUT2D eigenvalue weighted by Gasteiger charge is -2.12. The molecule has 0 aliphatic heterocycles. The van der Waals surface area contributed by atoms with E-state index in [1.165, 1.54) is 6.07 Å². The zero-order valence-electron chi connectivity index (χ0n) is 10.0. The Morgan fingerprint density at radius 1 is 1.44 bits per heavy atom. The molecule has 1 rings (SSSR count). The highest BCUT2D eigenvalue weighted by molar-refractivity contribution is 5.30. The first-order valence-corrected chi connectivity index (χ1v) is 5.33. The molecule has 0 radical (unpaired) electrons. The van der Waals surface area contributed by atoms with Gasteiger partial charge in [-0.15, -0.1) is 0 Å². The maximum absolute atomic E-state index is 13.5. The van der Waals surface area contributed by atoms with E-state index in [1.807, 2.05) is 19.0 Å². The van der Waals surface area contributed by atoms with Crippen LogP contribution in [0.2, 0.25) is 0 Å². The van der Waals surface area contributed by atoms with Crippen LogP contribution in [0, 0.1) is 5.82 Å². The lowest BCUT2D eigenvalue weighted by atomic mass is 10.1. The SMILES string of the molecule is CC(N)c1ccc(OCCN(C)C)cc1F. The van der Waals surface area contributed by atoms with Gasteiger partial charge in [0.25, 0.3) is 0 Å². The van der Waals surface area contributed by atoms with Crippen LogP contribution < -0.4 is 10.5 Å². The molecule has 0 aromatic heterocycles. The van der Waals surface area contributed by atoms with Gasteiger partial charge in [-0.2, -0.15) is 0 Å². The average Bonchev–Trinajstić information content (AvgIpc) is 2.16. The van der Waals surface area contributed by atoms with E-state index < -0.39 is 0 Å². The number of hydrogen-bond acceptors (Lipinski definition) is 3. The van der Waals surface area contributed by atoms with Gasteiger partial charge in [0.15, 0.2) is 0 Å². The van der Waals surface area contributed by atoms with Gasteiger partial charge in [-0.3, -0.25) is 0 Å². The molecule has 0 saturated heterocycles. The number of likely N-dealkylation sites (N-methyl/N-ethyl adjacent to an activating group) is 1. The third kappa shape index (κ3) is 3.79. The van der Waals surface area contributed by atoms with E-state index in [0.717, 1.165) is 6.54 Å². The molecule has 16 heavy (non-hydrogen) atoms. The highest BCUT2D eigenvalue weighted by atomic mass is 19.1. The van der Waals surface area contributed by atoms with E-state index in [1.54, 1.807) is 19.1 Å². The van der Waals surface area contributed by atoms with Crippen LogP contribution in [-0.2, 0) is 0 Å². The van der Waals surface area contributed by atoms with Gasteiger partial charge < -0.3 is 15.4 Å². The van der Waals surface area contributed by atoms with Crippen LogP contribution in [0.5, 0.6) is 5.75 Å². The lowest BCUT2D eigenvalue weighted by Crippen LogP contribution is -2.19. The fourth-order valence-electron chi connectivity index (χ4n) is 1.31. The van der Waals surface area contributed by atoms with Crippen molar-refractivity contribution in [2.24, 2.45) is 5.73 Å². The van der Waals surface area contributed by atoms with E-state index >= 15 is 0 Å². The molecule has 3 nitrogen and oxygen atoms in total. The van der Waals surface area contributed by atoms with Crippen molar-refractivity contribution >= 4 is 0 Å². The second kappa shape index (κ2) is 5.82. The summed E-state index contributed by atoms with van der Waals surface area (Å²) in [6.07, 6.45) is 0. The molecule has 1 unspecified atom stereocenters. The lowest BCUT2D eigenvalue weighted by molar-refractivity contribution is 0.260. The molecule has 0 heterocycles. The quantitative estimate of drug-likeness (QED) is 0.831. The molecular weight excluding hydrogens is 207 g/mol. The van der Waals surface area contributed by atoms with E-state index in [4.69, 9.17) is 10.5 Å². The monoisotopic (exact) mass is 226 g/mol. The minimum atomic E-state index is -0.308. The number of hydrogen-bond donors (Lipinski definition) is 1. The zero-order valence-corrected chi connectivity index (χ0v) is 10.0. The Hall–Kier alpha value is -1.13. The average molecular weight is 226 g/mol. The number of rotatable bonds is 5. The molecule has 0 amide bonds. The highest BCUT2D eigenvalue weighted by Crippen LogP contribution is 2.20. The topological polar surface area (TPSA) is 38.5 Å². The van der Waals surface area contributed by atoms with Gasteiger partial charge in [-0.25, -0.2) is 4.39 Å². The summed E-state index contributed by atoms with van der Waals surface area (Å²) in [5.74, 6) is 0.237. The largest absolute Gasteiger partial charge is 0.492 e. The second-order valence-electron chi connectivity index (χ2n) is 4.12. The van der Waals surface area contributed by atoms with Crippen LogP contribution in [0.3, 0.4) is 0 Å². The zero-order chi connectivity index (χ0) is 12.1. The number of ether oxygens (including phenoxy) is 1. The van der Waals surface area contributed by atoms with Crippen LogP contribution in [0.15, 0.2) is 18.2 Å². The van der Waals surface area contributed by atoms with Crippen molar-refractivity contribution in [2.75, 3.05) is 27.2 Å². The van der Waals surface area contributed by atoms with E-state index in [-0.39, 0.29) is 11.9 Å². The fourth-order valence-corrected chi connectivity index (χ4v) is 1.31. The second-order valence-corrected chi connectivity index (χ2v) is 4.12. The van der Waals surface area contributed by atoms with Crippen molar-refractivity contribution in [3.8, 4) is 5.75 Å². The van der Waals surface area contributed by atoms with Crippen molar-refractivity contribution in [3.63, 3.8) is 0 Å². The van der Waals surface area contributed by atoms with Crippen LogP contribution in [0.25, 0.3) is 0 Å². The molecule has 90 valence electrons. The maximum atomic E-state index is 13.5. The normalized spacial score (nSPS) is 12.9. The predicted octanol–water partition coefficient (Wildman–Crippen LogP) is 1.79. The molecule has 1 aromatic carbocycles. The Bertz CT molecular complexity index is 340. The van der Waals surface area contributed by atoms with Gasteiger partial charge in [0.05, 0.1) is 0 Å². The minimum absolute atomic E-state index is 0.296. The molecule has 1 aromatic rings. The predicted molar refractivity (Wildman–Crippen MR) is 63.1 cm³/mol. The number of nitrogens with two attached hydrogens (primary N) is 1. The Morgan fingerprint density at radius 3 is 2.62 bits per heavy atom. The molecule has 0 saturated carbocycles. The molecule has 0 fully saturated rings.